The van der Waals surface area contributed by atoms with E-state index >= 15 is 0 Å². The highest BCUT2D eigenvalue weighted by atomic mass is 19.4. The van der Waals surface area contributed by atoms with Crippen LogP contribution in [0.25, 0.3) is 0 Å². The Hall–Kier alpha value is -1.33. The molecule has 0 aliphatic heterocycles. The van der Waals surface area contributed by atoms with E-state index in [1.54, 1.807) is 0 Å². The van der Waals surface area contributed by atoms with Crippen molar-refractivity contribution in [1.82, 2.24) is 0 Å². The summed E-state index contributed by atoms with van der Waals surface area (Å²) in [6.07, 6.45) is 9.06. The summed E-state index contributed by atoms with van der Waals surface area (Å²) in [5.41, 5.74) is 0.404. The highest BCUT2D eigenvalue weighted by Gasteiger charge is 2.34. The van der Waals surface area contributed by atoms with Crippen molar-refractivity contribution in [2.45, 2.75) is 96.3 Å². The van der Waals surface area contributed by atoms with Gasteiger partial charge in [0.15, 0.2) is 11.6 Å². The van der Waals surface area contributed by atoms with E-state index in [0.29, 0.717) is 11.5 Å². The van der Waals surface area contributed by atoms with Gasteiger partial charge in [-0.1, -0.05) is 58.3 Å². The molecule has 6 heteroatoms. The molecule has 30 heavy (non-hydrogen) atoms. The van der Waals surface area contributed by atoms with Gasteiger partial charge in [0, 0.05) is 0 Å². The zero-order valence-corrected chi connectivity index (χ0v) is 17.7. The molecule has 0 atom stereocenters. The number of alkyl halides is 3. The minimum atomic E-state index is -5.04. The maximum atomic E-state index is 13.8. The second kappa shape index (κ2) is 10.3. The summed E-state index contributed by atoms with van der Waals surface area (Å²) in [6.45, 7) is 2.26. The van der Waals surface area contributed by atoms with Crippen LogP contribution in [0.5, 0.6) is 5.75 Å². The first-order chi connectivity index (χ1) is 14.2. The summed E-state index contributed by atoms with van der Waals surface area (Å²) < 4.78 is 68.6. The van der Waals surface area contributed by atoms with Crippen LogP contribution in [0.15, 0.2) is 12.1 Å². The molecule has 0 bridgehead atoms. The third kappa shape index (κ3) is 6.58. The fourth-order valence-electron chi connectivity index (χ4n) is 5.49. The van der Waals surface area contributed by atoms with Crippen LogP contribution < -0.4 is 4.74 Å². The van der Waals surface area contributed by atoms with Gasteiger partial charge in [0.1, 0.15) is 0 Å². The van der Waals surface area contributed by atoms with Crippen LogP contribution in [0.4, 0.5) is 22.0 Å². The Morgan fingerprint density at radius 1 is 0.800 bits per heavy atom. The van der Waals surface area contributed by atoms with Crippen molar-refractivity contribution in [2.75, 3.05) is 0 Å². The number of hydrogen-bond acceptors (Lipinski definition) is 1. The number of benzene rings is 1. The van der Waals surface area contributed by atoms with Crippen molar-refractivity contribution >= 4 is 0 Å². The Morgan fingerprint density at radius 3 is 1.80 bits per heavy atom. The number of ether oxygens (including phenoxy) is 1. The topological polar surface area (TPSA) is 9.23 Å². The first kappa shape index (κ1) is 23.3. The maximum absolute atomic E-state index is 13.8. The SMILES string of the molecule is CCCC1CCC(CCC2CCC(c3cc(F)c(F)c(OC(F)(F)F)c3)CC2)CC1. The Labute approximate surface area is 176 Å². The van der Waals surface area contributed by atoms with E-state index in [1.807, 2.05) is 0 Å². The van der Waals surface area contributed by atoms with E-state index in [1.165, 1.54) is 51.4 Å². The molecule has 0 N–H and O–H groups in total. The lowest BCUT2D eigenvalue weighted by molar-refractivity contribution is -0.275. The largest absolute Gasteiger partial charge is 0.573 e. The van der Waals surface area contributed by atoms with E-state index in [9.17, 15) is 22.0 Å². The van der Waals surface area contributed by atoms with E-state index in [-0.39, 0.29) is 5.92 Å². The summed E-state index contributed by atoms with van der Waals surface area (Å²) in [5, 5.41) is 0. The van der Waals surface area contributed by atoms with Crippen LogP contribution in [0, 0.1) is 29.4 Å². The molecule has 2 aliphatic carbocycles. The quantitative estimate of drug-likeness (QED) is 0.392. The van der Waals surface area contributed by atoms with Gasteiger partial charge in [-0.25, -0.2) is 4.39 Å². The molecule has 0 aromatic heterocycles. The van der Waals surface area contributed by atoms with Gasteiger partial charge >= 0.3 is 6.36 Å². The van der Waals surface area contributed by atoms with E-state index in [2.05, 4.69) is 11.7 Å². The third-order valence-corrected chi connectivity index (χ3v) is 7.21. The van der Waals surface area contributed by atoms with Gasteiger partial charge in [0.25, 0.3) is 0 Å². The molecule has 2 fully saturated rings. The zero-order chi connectivity index (χ0) is 21.7. The van der Waals surface area contributed by atoms with E-state index in [4.69, 9.17) is 0 Å². The Morgan fingerprint density at radius 2 is 1.30 bits per heavy atom. The Balaban J connectivity index is 1.47. The Kier molecular flexibility index (Phi) is 8.03. The van der Waals surface area contributed by atoms with Crippen molar-refractivity contribution < 1.29 is 26.7 Å². The first-order valence-corrected chi connectivity index (χ1v) is 11.5. The molecule has 0 radical (unpaired) electrons. The molecule has 1 aromatic carbocycles. The van der Waals surface area contributed by atoms with E-state index in [0.717, 1.165) is 49.7 Å². The molecule has 0 unspecified atom stereocenters. The highest BCUT2D eigenvalue weighted by molar-refractivity contribution is 5.34. The molecule has 170 valence electrons. The molecule has 0 spiro atoms. The van der Waals surface area contributed by atoms with Gasteiger partial charge in [-0.05, 0) is 67.1 Å². The van der Waals surface area contributed by atoms with Crippen LogP contribution >= 0.6 is 0 Å². The molecule has 0 amide bonds. The summed E-state index contributed by atoms with van der Waals surface area (Å²) in [4.78, 5) is 0. The predicted octanol–water partition coefficient (Wildman–Crippen LogP) is 8.52. The number of hydrogen-bond donors (Lipinski definition) is 0. The van der Waals surface area contributed by atoms with Gasteiger partial charge in [0.05, 0.1) is 0 Å². The standard InChI is InChI=1S/C24H33F5O/c1-2-3-16-4-6-17(7-5-16)8-9-18-10-12-19(13-11-18)20-14-21(25)23(26)22(15-20)30-24(27,28)29/h14-19H,2-13H2,1H3. The van der Waals surface area contributed by atoms with Crippen LogP contribution in [0.2, 0.25) is 0 Å². The van der Waals surface area contributed by atoms with Gasteiger partial charge in [-0.2, -0.15) is 4.39 Å². The minimum absolute atomic E-state index is 0.0450. The zero-order valence-electron chi connectivity index (χ0n) is 17.7. The summed E-state index contributed by atoms with van der Waals surface area (Å²) >= 11 is 0. The summed E-state index contributed by atoms with van der Waals surface area (Å²) in [7, 11) is 0. The maximum Gasteiger partial charge on any atom is 0.573 e. The van der Waals surface area contributed by atoms with Crippen molar-refractivity contribution in [3.8, 4) is 5.75 Å². The Bertz CT molecular complexity index is 671. The molecule has 3 rings (SSSR count). The molecule has 2 saturated carbocycles. The van der Waals surface area contributed by atoms with Crippen LogP contribution in [-0.4, -0.2) is 6.36 Å². The summed E-state index contributed by atoms with van der Waals surface area (Å²) in [6, 6.07) is 2.05. The fraction of sp³-hybridized carbons (Fsp3) is 0.750. The normalized spacial score (nSPS) is 27.8. The number of rotatable bonds is 7. The summed E-state index contributed by atoms with van der Waals surface area (Å²) in [5.74, 6) is -1.60. The molecule has 0 heterocycles. The van der Waals surface area contributed by atoms with Crippen LogP contribution in [-0.2, 0) is 0 Å². The smallest absolute Gasteiger partial charge is 0.403 e. The average molecular weight is 433 g/mol. The van der Waals surface area contributed by atoms with E-state index < -0.39 is 23.7 Å². The van der Waals surface area contributed by atoms with Crippen LogP contribution in [0.1, 0.15) is 95.5 Å². The monoisotopic (exact) mass is 432 g/mol. The molecule has 1 aromatic rings. The first-order valence-electron chi connectivity index (χ1n) is 11.5. The lowest BCUT2D eigenvalue weighted by atomic mass is 9.74. The van der Waals surface area contributed by atoms with Gasteiger partial charge < -0.3 is 4.74 Å². The molecule has 1 nitrogen and oxygen atoms in total. The number of halogens is 5. The lowest BCUT2D eigenvalue weighted by Gasteiger charge is -2.32. The molecule has 0 saturated heterocycles. The van der Waals surface area contributed by atoms with Crippen LogP contribution in [0.3, 0.4) is 0 Å². The minimum Gasteiger partial charge on any atom is -0.403 e. The average Bonchev–Trinajstić information content (AvgIpc) is 2.70. The molecular weight excluding hydrogens is 399 g/mol. The van der Waals surface area contributed by atoms with Crippen molar-refractivity contribution in [3.63, 3.8) is 0 Å². The molecule has 2 aliphatic rings. The van der Waals surface area contributed by atoms with Gasteiger partial charge in [-0.3, -0.25) is 0 Å². The second-order valence-electron chi connectivity index (χ2n) is 9.33. The van der Waals surface area contributed by atoms with Crippen molar-refractivity contribution in [3.05, 3.63) is 29.3 Å². The second-order valence-corrected chi connectivity index (χ2v) is 9.33. The van der Waals surface area contributed by atoms with Crippen molar-refractivity contribution in [1.29, 1.82) is 0 Å². The third-order valence-electron chi connectivity index (χ3n) is 7.21. The van der Waals surface area contributed by atoms with Gasteiger partial charge in [-0.15, -0.1) is 13.2 Å². The predicted molar refractivity (Wildman–Crippen MR) is 107 cm³/mol. The van der Waals surface area contributed by atoms with Crippen molar-refractivity contribution in [2.24, 2.45) is 17.8 Å². The fourth-order valence-corrected chi connectivity index (χ4v) is 5.49. The van der Waals surface area contributed by atoms with Gasteiger partial charge in [0.2, 0.25) is 5.82 Å². The lowest BCUT2D eigenvalue weighted by Crippen LogP contribution is -2.19. The highest BCUT2D eigenvalue weighted by Crippen LogP contribution is 2.41. The molecular formula is C24H33F5O.